The Kier molecular flexibility index (Phi) is 5.82. The van der Waals surface area contributed by atoms with E-state index >= 15 is 0 Å². The summed E-state index contributed by atoms with van der Waals surface area (Å²) in [6.45, 7) is 5.76. The average molecular weight is 455 g/mol. The van der Waals surface area contributed by atoms with E-state index in [1.807, 2.05) is 32.0 Å². The number of anilines is 3. The summed E-state index contributed by atoms with van der Waals surface area (Å²) in [5.41, 5.74) is 0.690. The van der Waals surface area contributed by atoms with Crippen LogP contribution in [0.2, 0.25) is 0 Å². The molecule has 1 N–H and O–H groups in total. The van der Waals surface area contributed by atoms with E-state index in [0.29, 0.717) is 5.58 Å². The number of aromatic nitrogens is 2. The lowest BCUT2D eigenvalue weighted by Crippen LogP contribution is -2.21. The molecule has 0 bridgehead atoms. The van der Waals surface area contributed by atoms with Gasteiger partial charge in [-0.1, -0.05) is 11.3 Å². The van der Waals surface area contributed by atoms with Gasteiger partial charge in [0, 0.05) is 42.4 Å². The van der Waals surface area contributed by atoms with Crippen molar-refractivity contribution in [3.63, 3.8) is 0 Å². The molecule has 164 valence electrons. The zero-order valence-electron chi connectivity index (χ0n) is 17.2. The number of fused-ring (bicyclic) bond motifs is 1. The highest BCUT2D eigenvalue weighted by Crippen LogP contribution is 2.31. The predicted molar refractivity (Wildman–Crippen MR) is 121 cm³/mol. The second kappa shape index (κ2) is 8.71. The maximum absolute atomic E-state index is 14.0. The number of nitrogens with one attached hydrogen (secondary N) is 1. The number of nitro benzene ring substituents is 1. The molecule has 11 heteroatoms. The summed E-state index contributed by atoms with van der Waals surface area (Å²) in [5, 5.41) is 22.7. The number of hydrogen-bond donors (Lipinski definition) is 1. The van der Waals surface area contributed by atoms with Crippen LogP contribution in [-0.4, -0.2) is 28.2 Å². The van der Waals surface area contributed by atoms with Crippen LogP contribution >= 0.6 is 11.3 Å². The lowest BCUT2D eigenvalue weighted by atomic mass is 10.1. The second-order valence-electron chi connectivity index (χ2n) is 6.80. The third kappa shape index (κ3) is 4.14. The summed E-state index contributed by atoms with van der Waals surface area (Å²) < 4.78 is 19.5. The average Bonchev–Trinajstić information content (AvgIpc) is 3.23. The van der Waals surface area contributed by atoms with Gasteiger partial charge in [-0.05, 0) is 38.1 Å². The molecule has 0 aliphatic rings. The molecule has 0 saturated carbocycles. The molecule has 2 aromatic carbocycles. The zero-order valence-corrected chi connectivity index (χ0v) is 18.0. The summed E-state index contributed by atoms with van der Waals surface area (Å²) in [7, 11) is 0. The van der Waals surface area contributed by atoms with Gasteiger partial charge in [0.25, 0.3) is 5.69 Å². The topological polar surface area (TPSA) is 114 Å². The van der Waals surface area contributed by atoms with Gasteiger partial charge in [-0.2, -0.15) is 0 Å². The Morgan fingerprint density at radius 1 is 1.16 bits per heavy atom. The smallest absolute Gasteiger partial charge is 0.346 e. The van der Waals surface area contributed by atoms with Gasteiger partial charge in [0.15, 0.2) is 5.01 Å². The Balaban J connectivity index is 1.65. The lowest BCUT2D eigenvalue weighted by molar-refractivity contribution is -0.384. The van der Waals surface area contributed by atoms with Crippen molar-refractivity contribution in [1.82, 2.24) is 10.2 Å². The van der Waals surface area contributed by atoms with Gasteiger partial charge in [-0.15, -0.1) is 10.2 Å². The van der Waals surface area contributed by atoms with E-state index in [2.05, 4.69) is 20.4 Å². The van der Waals surface area contributed by atoms with Crippen molar-refractivity contribution in [2.45, 2.75) is 13.8 Å². The maximum Gasteiger partial charge on any atom is 0.346 e. The maximum atomic E-state index is 14.0. The number of benzene rings is 2. The Labute approximate surface area is 185 Å². The van der Waals surface area contributed by atoms with Crippen LogP contribution in [0.3, 0.4) is 0 Å². The van der Waals surface area contributed by atoms with E-state index in [-0.39, 0.29) is 27.1 Å². The molecule has 4 aromatic rings. The first-order valence-corrected chi connectivity index (χ1v) is 10.6. The minimum Gasteiger partial charge on any atom is -0.422 e. The van der Waals surface area contributed by atoms with Crippen molar-refractivity contribution >= 4 is 44.5 Å². The number of non-ortho nitro benzene ring substituents is 1. The molecule has 0 spiro atoms. The number of halogens is 1. The summed E-state index contributed by atoms with van der Waals surface area (Å²) in [5.74, 6) is -0.679. The third-order valence-corrected chi connectivity index (χ3v) is 5.78. The van der Waals surface area contributed by atoms with E-state index in [1.54, 1.807) is 6.07 Å². The van der Waals surface area contributed by atoms with Crippen molar-refractivity contribution in [1.29, 1.82) is 0 Å². The molecule has 0 saturated heterocycles. The van der Waals surface area contributed by atoms with E-state index in [0.717, 1.165) is 53.7 Å². The van der Waals surface area contributed by atoms with Crippen LogP contribution in [0, 0.1) is 15.9 Å². The first-order chi connectivity index (χ1) is 15.4. The Morgan fingerprint density at radius 2 is 1.94 bits per heavy atom. The monoisotopic (exact) mass is 455 g/mol. The van der Waals surface area contributed by atoms with Gasteiger partial charge >= 0.3 is 5.63 Å². The number of nitro groups is 1. The molecule has 0 aliphatic heterocycles. The summed E-state index contributed by atoms with van der Waals surface area (Å²) in [4.78, 5) is 25.0. The number of hydrogen-bond acceptors (Lipinski definition) is 9. The molecule has 32 heavy (non-hydrogen) atoms. The molecular weight excluding hydrogens is 437 g/mol. The van der Waals surface area contributed by atoms with Crippen molar-refractivity contribution in [3.05, 3.63) is 68.8 Å². The first-order valence-electron chi connectivity index (χ1n) is 9.77. The fourth-order valence-corrected chi connectivity index (χ4v) is 4.01. The standard InChI is InChI=1S/C21H18FN5O4S/c1-3-26(4-2)13-6-5-12-9-15(20(28)31-18(12)11-13)19-24-25-21(32-19)23-17-10-14(27(29)30)7-8-16(17)22/h5-11H,3-4H2,1-2H3,(H,23,25). The normalized spacial score (nSPS) is 11.0. The Hall–Kier alpha value is -3.86. The van der Waals surface area contributed by atoms with Crippen LogP contribution in [0.1, 0.15) is 13.8 Å². The highest BCUT2D eigenvalue weighted by Gasteiger charge is 2.16. The molecule has 0 aliphatic carbocycles. The number of rotatable bonds is 7. The lowest BCUT2D eigenvalue weighted by Gasteiger charge is -2.20. The van der Waals surface area contributed by atoms with Crippen molar-refractivity contribution in [2.24, 2.45) is 0 Å². The number of nitrogens with zero attached hydrogens (tertiary/aromatic N) is 4. The molecular formula is C21H18FN5O4S. The zero-order chi connectivity index (χ0) is 22.8. The fourth-order valence-electron chi connectivity index (χ4n) is 3.25. The second-order valence-corrected chi connectivity index (χ2v) is 7.78. The van der Waals surface area contributed by atoms with Gasteiger partial charge < -0.3 is 14.6 Å². The summed E-state index contributed by atoms with van der Waals surface area (Å²) in [6, 6.07) is 10.4. The van der Waals surface area contributed by atoms with E-state index in [1.165, 1.54) is 0 Å². The quantitative estimate of drug-likeness (QED) is 0.237. The van der Waals surface area contributed by atoms with Crippen molar-refractivity contribution in [2.75, 3.05) is 23.3 Å². The van der Waals surface area contributed by atoms with Gasteiger partial charge in [0.1, 0.15) is 11.4 Å². The van der Waals surface area contributed by atoms with Gasteiger partial charge in [-0.3, -0.25) is 10.1 Å². The highest BCUT2D eigenvalue weighted by atomic mass is 32.1. The van der Waals surface area contributed by atoms with E-state index in [4.69, 9.17) is 4.42 Å². The molecule has 0 amide bonds. The molecule has 2 heterocycles. The fraction of sp³-hybridized carbons (Fsp3) is 0.190. The van der Waals surface area contributed by atoms with Gasteiger partial charge in [0.05, 0.1) is 16.2 Å². The minimum absolute atomic E-state index is 0.114. The Bertz CT molecular complexity index is 1370. The molecule has 0 unspecified atom stereocenters. The van der Waals surface area contributed by atoms with Crippen LogP contribution in [0.5, 0.6) is 0 Å². The van der Waals surface area contributed by atoms with Crippen LogP contribution in [-0.2, 0) is 0 Å². The summed E-state index contributed by atoms with van der Waals surface area (Å²) in [6.07, 6.45) is 0. The molecule has 0 fully saturated rings. The van der Waals surface area contributed by atoms with Crippen molar-refractivity contribution < 1.29 is 13.7 Å². The Morgan fingerprint density at radius 3 is 2.66 bits per heavy atom. The van der Waals surface area contributed by atoms with Crippen LogP contribution < -0.4 is 15.8 Å². The van der Waals surface area contributed by atoms with Crippen LogP contribution in [0.4, 0.5) is 26.6 Å². The van der Waals surface area contributed by atoms with E-state index in [9.17, 15) is 19.3 Å². The largest absolute Gasteiger partial charge is 0.422 e. The SMILES string of the molecule is CCN(CC)c1ccc2cc(-c3nnc(Nc4cc([N+](=O)[O-])ccc4F)s3)c(=O)oc2c1. The minimum atomic E-state index is -0.679. The molecule has 0 atom stereocenters. The van der Waals surface area contributed by atoms with E-state index < -0.39 is 16.4 Å². The highest BCUT2D eigenvalue weighted by molar-refractivity contribution is 7.18. The molecule has 0 radical (unpaired) electrons. The van der Waals surface area contributed by atoms with Crippen molar-refractivity contribution in [3.8, 4) is 10.6 Å². The molecule has 9 nitrogen and oxygen atoms in total. The first kappa shape index (κ1) is 21.4. The third-order valence-electron chi connectivity index (χ3n) is 4.91. The molecule has 2 aromatic heterocycles. The van der Waals surface area contributed by atoms with Gasteiger partial charge in [-0.25, -0.2) is 9.18 Å². The predicted octanol–water partition coefficient (Wildman–Crippen LogP) is 4.95. The van der Waals surface area contributed by atoms with Crippen LogP contribution in [0.15, 0.2) is 51.7 Å². The van der Waals surface area contributed by atoms with Gasteiger partial charge in [0.2, 0.25) is 5.13 Å². The van der Waals surface area contributed by atoms with Crippen LogP contribution in [0.25, 0.3) is 21.5 Å². The molecule has 4 rings (SSSR count). The summed E-state index contributed by atoms with van der Waals surface area (Å²) >= 11 is 1.00.